The summed E-state index contributed by atoms with van der Waals surface area (Å²) in [6.07, 6.45) is 7.48. The van der Waals surface area contributed by atoms with Crippen molar-refractivity contribution in [2.24, 2.45) is 23.2 Å². The molecule has 1 aromatic carbocycles. The highest BCUT2D eigenvalue weighted by Gasteiger charge is 2.62. The van der Waals surface area contributed by atoms with Crippen LogP contribution in [0, 0.1) is 23.2 Å². The van der Waals surface area contributed by atoms with Gasteiger partial charge in [-0.2, -0.15) is 5.10 Å². The Morgan fingerprint density at radius 1 is 1.17 bits per heavy atom. The first-order valence-corrected chi connectivity index (χ1v) is 11.1. The van der Waals surface area contributed by atoms with Gasteiger partial charge in [0.15, 0.2) is 0 Å². The minimum Gasteiger partial charge on any atom is -0.352 e. The fourth-order valence-electron chi connectivity index (χ4n) is 6.29. The van der Waals surface area contributed by atoms with Crippen LogP contribution in [0.2, 0.25) is 0 Å². The number of para-hydroxylation sites is 1. The molecule has 3 saturated carbocycles. The maximum absolute atomic E-state index is 13.0. The number of hydrogen-bond acceptors (Lipinski definition) is 3. The van der Waals surface area contributed by atoms with Gasteiger partial charge in [0.05, 0.1) is 17.6 Å². The monoisotopic (exact) mass is 392 g/mol. The number of aromatic amines is 1. The van der Waals surface area contributed by atoms with Gasteiger partial charge in [-0.15, -0.1) is 0 Å². The smallest absolute Gasteiger partial charge is 0.226 e. The van der Waals surface area contributed by atoms with Gasteiger partial charge in [-0.05, 0) is 55.4 Å². The Labute approximate surface area is 170 Å². The molecule has 1 spiro atoms. The highest BCUT2D eigenvalue weighted by Crippen LogP contribution is 2.66. The van der Waals surface area contributed by atoms with E-state index in [1.165, 1.54) is 19.3 Å². The second-order valence-corrected chi connectivity index (χ2v) is 9.80. The number of hydrogen-bond donors (Lipinski definition) is 2. The van der Waals surface area contributed by atoms with E-state index in [9.17, 15) is 9.59 Å². The third-order valence-corrected chi connectivity index (χ3v) is 8.19. The van der Waals surface area contributed by atoms with Gasteiger partial charge in [-0.25, -0.2) is 0 Å². The molecule has 2 unspecified atom stereocenters. The topological polar surface area (TPSA) is 78.1 Å². The molecule has 2 amide bonds. The van der Waals surface area contributed by atoms with Crippen molar-refractivity contribution in [1.82, 2.24) is 20.4 Å². The number of likely N-dealkylation sites (tertiary alicyclic amines) is 1. The summed E-state index contributed by atoms with van der Waals surface area (Å²) in [4.78, 5) is 27.9. The molecular weight excluding hydrogens is 364 g/mol. The summed E-state index contributed by atoms with van der Waals surface area (Å²) >= 11 is 0. The van der Waals surface area contributed by atoms with Crippen molar-refractivity contribution in [1.29, 1.82) is 0 Å². The Kier molecular flexibility index (Phi) is 3.81. The molecule has 2 N–H and O–H groups in total. The van der Waals surface area contributed by atoms with E-state index in [1.807, 2.05) is 24.3 Å². The second-order valence-electron chi connectivity index (χ2n) is 9.80. The Morgan fingerprint density at radius 2 is 1.93 bits per heavy atom. The number of nitrogens with zero attached hydrogens (tertiary/aromatic N) is 2. The van der Waals surface area contributed by atoms with E-state index in [1.54, 1.807) is 0 Å². The van der Waals surface area contributed by atoms with Crippen molar-refractivity contribution in [3.63, 3.8) is 0 Å². The van der Waals surface area contributed by atoms with Crippen LogP contribution in [-0.2, 0) is 16.0 Å². The van der Waals surface area contributed by atoms with E-state index >= 15 is 0 Å². The van der Waals surface area contributed by atoms with Gasteiger partial charge in [-0.3, -0.25) is 14.7 Å². The second kappa shape index (κ2) is 6.31. The summed E-state index contributed by atoms with van der Waals surface area (Å²) in [5.41, 5.74) is 2.16. The zero-order chi connectivity index (χ0) is 19.6. The Morgan fingerprint density at radius 3 is 2.62 bits per heavy atom. The first-order chi connectivity index (χ1) is 14.1. The first-order valence-electron chi connectivity index (χ1n) is 11.1. The van der Waals surface area contributed by atoms with Crippen LogP contribution in [0.1, 0.15) is 44.2 Å². The van der Waals surface area contributed by atoms with Crippen molar-refractivity contribution >= 4 is 22.7 Å². The highest BCUT2D eigenvalue weighted by molar-refractivity contribution is 5.87. The average molecular weight is 393 g/mol. The van der Waals surface area contributed by atoms with Gasteiger partial charge in [0.25, 0.3) is 0 Å². The van der Waals surface area contributed by atoms with Gasteiger partial charge in [0.2, 0.25) is 11.8 Å². The quantitative estimate of drug-likeness (QED) is 0.840. The van der Waals surface area contributed by atoms with Gasteiger partial charge in [0.1, 0.15) is 0 Å². The van der Waals surface area contributed by atoms with Gasteiger partial charge < -0.3 is 10.2 Å². The van der Waals surface area contributed by atoms with Crippen molar-refractivity contribution in [2.75, 3.05) is 13.1 Å². The third kappa shape index (κ3) is 2.79. The zero-order valence-electron chi connectivity index (χ0n) is 16.7. The summed E-state index contributed by atoms with van der Waals surface area (Å²) in [7, 11) is 0. The highest BCUT2D eigenvalue weighted by atomic mass is 16.2. The van der Waals surface area contributed by atoms with Crippen LogP contribution < -0.4 is 5.32 Å². The fraction of sp³-hybridized carbons (Fsp3) is 0.609. The lowest BCUT2D eigenvalue weighted by molar-refractivity contribution is -0.136. The third-order valence-electron chi connectivity index (χ3n) is 8.19. The lowest BCUT2D eigenvalue weighted by Crippen LogP contribution is -2.54. The van der Waals surface area contributed by atoms with Crippen molar-refractivity contribution < 1.29 is 9.59 Å². The number of nitrogens with one attached hydrogen (secondary N) is 2. The summed E-state index contributed by atoms with van der Waals surface area (Å²) in [6, 6.07) is 8.08. The van der Waals surface area contributed by atoms with E-state index in [2.05, 4.69) is 20.4 Å². The minimum absolute atomic E-state index is 0.0525. The molecular formula is C23H28N4O2. The molecule has 1 aromatic heterocycles. The van der Waals surface area contributed by atoms with Gasteiger partial charge >= 0.3 is 0 Å². The SMILES string of the molecule is O=C(Cc1[nH]nc2ccccc12)NC1[C@@H]2CC[C@H]1CN(C(=O)C1CC13CCC3)C2. The van der Waals surface area contributed by atoms with Crippen LogP contribution in [0.3, 0.4) is 0 Å². The summed E-state index contributed by atoms with van der Waals surface area (Å²) in [5, 5.41) is 11.6. The summed E-state index contributed by atoms with van der Waals surface area (Å²) < 4.78 is 0. The predicted octanol–water partition coefficient (Wildman–Crippen LogP) is 2.65. The number of H-pyrrole nitrogens is 1. The average Bonchev–Trinajstić information content (AvgIpc) is 3.30. The maximum Gasteiger partial charge on any atom is 0.226 e. The molecule has 6 heteroatoms. The lowest BCUT2D eigenvalue weighted by Gasteiger charge is -2.39. The molecule has 2 bridgehead atoms. The van der Waals surface area contributed by atoms with Crippen molar-refractivity contribution in [3.05, 3.63) is 30.0 Å². The van der Waals surface area contributed by atoms with Gasteiger partial charge in [-0.1, -0.05) is 24.6 Å². The number of fused-ring (bicyclic) bond motifs is 3. The number of rotatable bonds is 4. The van der Waals surface area contributed by atoms with Crippen LogP contribution in [0.25, 0.3) is 10.9 Å². The molecule has 2 aromatic rings. The van der Waals surface area contributed by atoms with Crippen LogP contribution in [-0.4, -0.2) is 46.0 Å². The van der Waals surface area contributed by atoms with E-state index in [4.69, 9.17) is 0 Å². The summed E-state index contributed by atoms with van der Waals surface area (Å²) in [5.74, 6) is 1.55. The Balaban J connectivity index is 1.09. The number of piperidine rings is 1. The molecule has 0 radical (unpaired) electrons. The molecule has 6 rings (SSSR count). The van der Waals surface area contributed by atoms with Crippen molar-refractivity contribution in [3.8, 4) is 0 Å². The lowest BCUT2D eigenvalue weighted by atomic mass is 9.79. The van der Waals surface area contributed by atoms with Crippen molar-refractivity contribution in [2.45, 2.75) is 51.0 Å². The normalized spacial score (nSPS) is 31.7. The van der Waals surface area contributed by atoms with E-state index in [-0.39, 0.29) is 11.9 Å². The minimum atomic E-state index is 0.0525. The first kappa shape index (κ1) is 17.5. The van der Waals surface area contributed by atoms with Gasteiger partial charge in [0, 0.05) is 30.4 Å². The summed E-state index contributed by atoms with van der Waals surface area (Å²) in [6.45, 7) is 1.64. The Hall–Kier alpha value is -2.37. The Bertz CT molecular complexity index is 964. The van der Waals surface area contributed by atoms with Crippen LogP contribution in [0.5, 0.6) is 0 Å². The molecule has 6 nitrogen and oxygen atoms in total. The van der Waals surface area contributed by atoms with E-state index in [0.29, 0.717) is 35.5 Å². The zero-order valence-corrected chi connectivity index (χ0v) is 16.7. The fourth-order valence-corrected chi connectivity index (χ4v) is 6.29. The van der Waals surface area contributed by atoms with E-state index < -0.39 is 0 Å². The van der Waals surface area contributed by atoms with Crippen LogP contribution in [0.15, 0.2) is 24.3 Å². The number of benzene rings is 1. The maximum atomic E-state index is 13.0. The molecule has 2 heterocycles. The van der Waals surface area contributed by atoms with E-state index in [0.717, 1.165) is 48.9 Å². The molecule has 4 aliphatic rings. The largest absolute Gasteiger partial charge is 0.352 e. The molecule has 1 saturated heterocycles. The standard InChI is InChI=1S/C23H28N4O2/c28-20(10-19-16-4-1-2-5-18(16)25-26-19)24-21-14-6-7-15(21)13-27(12-14)22(29)17-11-23(17)8-3-9-23/h1-2,4-5,14-15,17,21H,3,6-13H2,(H,24,28)(H,25,26)/t14-,15+,17?,21?. The number of aromatic nitrogens is 2. The molecule has 152 valence electrons. The molecule has 3 aliphatic carbocycles. The number of carbonyl (C=O) groups excluding carboxylic acids is 2. The number of carbonyl (C=O) groups is 2. The molecule has 4 fully saturated rings. The number of amides is 2. The molecule has 4 atom stereocenters. The predicted molar refractivity (Wildman–Crippen MR) is 109 cm³/mol. The van der Waals surface area contributed by atoms with Crippen LogP contribution in [0.4, 0.5) is 0 Å². The molecule has 29 heavy (non-hydrogen) atoms. The molecule has 1 aliphatic heterocycles. The van der Waals surface area contributed by atoms with Crippen LogP contribution >= 0.6 is 0 Å².